The predicted octanol–water partition coefficient (Wildman–Crippen LogP) is 1.06. The Morgan fingerprint density at radius 3 is 2.50 bits per heavy atom. The van der Waals surface area contributed by atoms with Crippen LogP contribution >= 0.6 is 0 Å². The van der Waals surface area contributed by atoms with Crippen LogP contribution in [0.4, 0.5) is 0 Å². The van der Waals surface area contributed by atoms with E-state index in [1.165, 1.54) is 0 Å². The van der Waals surface area contributed by atoms with Crippen LogP contribution in [-0.2, 0) is 11.3 Å². The minimum atomic E-state index is -0.105. The van der Waals surface area contributed by atoms with Gasteiger partial charge in [-0.25, -0.2) is 4.68 Å². The van der Waals surface area contributed by atoms with E-state index in [9.17, 15) is 0 Å². The Balaban J connectivity index is 1.99. The molecule has 9 heteroatoms. The highest BCUT2D eigenvalue weighted by Crippen LogP contribution is 2.36. The molecule has 2 aromatic rings. The first-order valence-electron chi connectivity index (χ1n) is 9.65. The fourth-order valence-electron chi connectivity index (χ4n) is 3.63. The third kappa shape index (κ3) is 4.43. The zero-order chi connectivity index (χ0) is 19.9. The molecule has 1 fully saturated rings. The largest absolute Gasteiger partial charge is 0.497 e. The van der Waals surface area contributed by atoms with E-state index in [2.05, 4.69) is 32.2 Å². The number of ether oxygens (including phenoxy) is 3. The van der Waals surface area contributed by atoms with Gasteiger partial charge in [0.2, 0.25) is 0 Å². The summed E-state index contributed by atoms with van der Waals surface area (Å²) in [6.45, 7) is 8.32. The maximum Gasteiger partial charge on any atom is 0.173 e. The molecule has 3 rings (SSSR count). The first-order chi connectivity index (χ1) is 13.7. The molecule has 0 radical (unpaired) electrons. The first kappa shape index (κ1) is 20.5. The Bertz CT molecular complexity index is 745. The first-order valence-corrected chi connectivity index (χ1v) is 9.65. The molecule has 0 bridgehead atoms. The van der Waals surface area contributed by atoms with Crippen LogP contribution < -0.4 is 9.47 Å². The van der Waals surface area contributed by atoms with Crippen LogP contribution in [0.3, 0.4) is 0 Å². The molecule has 0 aliphatic carbocycles. The molecular formula is C19H30N6O3. The van der Waals surface area contributed by atoms with Crippen molar-refractivity contribution in [1.82, 2.24) is 30.0 Å². The van der Waals surface area contributed by atoms with Crippen molar-refractivity contribution < 1.29 is 14.2 Å². The third-order valence-corrected chi connectivity index (χ3v) is 5.27. The minimum Gasteiger partial charge on any atom is -0.497 e. The molecule has 0 saturated carbocycles. The highest BCUT2D eigenvalue weighted by atomic mass is 16.5. The number of likely N-dealkylation sites (N-methyl/N-ethyl adjacent to an activating group) is 1. The lowest BCUT2D eigenvalue weighted by Gasteiger charge is -2.38. The Kier molecular flexibility index (Phi) is 7.18. The summed E-state index contributed by atoms with van der Waals surface area (Å²) in [7, 11) is 5.01. The maximum absolute atomic E-state index is 5.70. The summed E-state index contributed by atoms with van der Waals surface area (Å²) >= 11 is 0. The van der Waals surface area contributed by atoms with Crippen LogP contribution in [0, 0.1) is 0 Å². The van der Waals surface area contributed by atoms with Crippen molar-refractivity contribution >= 4 is 0 Å². The van der Waals surface area contributed by atoms with Crippen molar-refractivity contribution in [3.63, 3.8) is 0 Å². The second kappa shape index (κ2) is 9.81. The van der Waals surface area contributed by atoms with Crippen molar-refractivity contribution in [2.24, 2.45) is 0 Å². The van der Waals surface area contributed by atoms with Crippen molar-refractivity contribution in [3.8, 4) is 11.5 Å². The van der Waals surface area contributed by atoms with Crippen LogP contribution in [0.5, 0.6) is 11.5 Å². The van der Waals surface area contributed by atoms with E-state index >= 15 is 0 Å². The molecule has 1 aliphatic heterocycles. The van der Waals surface area contributed by atoms with Gasteiger partial charge < -0.3 is 19.1 Å². The van der Waals surface area contributed by atoms with Crippen molar-refractivity contribution in [2.45, 2.75) is 19.5 Å². The second-order valence-electron chi connectivity index (χ2n) is 6.73. The number of aromatic nitrogens is 4. The lowest BCUT2D eigenvalue weighted by Crippen LogP contribution is -2.48. The topological polar surface area (TPSA) is 77.8 Å². The molecular weight excluding hydrogens is 360 g/mol. The fraction of sp³-hybridized carbons (Fsp3) is 0.632. The van der Waals surface area contributed by atoms with E-state index in [-0.39, 0.29) is 6.04 Å². The van der Waals surface area contributed by atoms with Gasteiger partial charge in [-0.15, -0.1) is 5.10 Å². The van der Waals surface area contributed by atoms with Gasteiger partial charge in [0.15, 0.2) is 5.82 Å². The Morgan fingerprint density at radius 1 is 1.07 bits per heavy atom. The molecule has 0 amide bonds. The zero-order valence-electron chi connectivity index (χ0n) is 17.2. The van der Waals surface area contributed by atoms with Gasteiger partial charge >= 0.3 is 0 Å². The normalized spacial score (nSPS) is 16.9. The lowest BCUT2D eigenvalue weighted by molar-refractivity contribution is 0.106. The number of tetrazole rings is 1. The summed E-state index contributed by atoms with van der Waals surface area (Å²) in [6, 6.07) is 5.81. The van der Waals surface area contributed by atoms with Crippen LogP contribution in [0.15, 0.2) is 18.2 Å². The predicted molar refractivity (Wildman–Crippen MR) is 105 cm³/mol. The van der Waals surface area contributed by atoms with Crippen LogP contribution in [0.2, 0.25) is 0 Å². The highest BCUT2D eigenvalue weighted by molar-refractivity contribution is 5.44. The average Bonchev–Trinajstić information content (AvgIpc) is 3.21. The number of hydrogen-bond donors (Lipinski definition) is 0. The van der Waals surface area contributed by atoms with E-state index in [4.69, 9.17) is 14.2 Å². The summed E-state index contributed by atoms with van der Waals surface area (Å²) in [5.74, 6) is 2.32. The molecule has 1 unspecified atom stereocenters. The zero-order valence-corrected chi connectivity index (χ0v) is 17.2. The van der Waals surface area contributed by atoms with E-state index in [1.807, 2.05) is 22.9 Å². The summed E-state index contributed by atoms with van der Waals surface area (Å²) in [6.07, 6.45) is 0. The number of rotatable bonds is 9. The second-order valence-corrected chi connectivity index (χ2v) is 6.73. The molecule has 1 aliphatic rings. The molecule has 0 N–H and O–H groups in total. The number of piperazine rings is 1. The van der Waals surface area contributed by atoms with Crippen molar-refractivity contribution in [1.29, 1.82) is 0 Å². The standard InChI is InChI=1S/C19H30N6O3/c1-5-23-8-10-24(11-9-23)18(19-20-21-22-25(19)12-13-26-2)16-7-6-15(27-3)14-17(16)28-4/h6-7,14,18H,5,8-13H2,1-4H3. The smallest absolute Gasteiger partial charge is 0.173 e. The molecule has 1 aromatic heterocycles. The van der Waals surface area contributed by atoms with Gasteiger partial charge in [-0.3, -0.25) is 4.90 Å². The number of benzene rings is 1. The molecule has 9 nitrogen and oxygen atoms in total. The van der Waals surface area contributed by atoms with E-state index in [0.29, 0.717) is 13.2 Å². The van der Waals surface area contributed by atoms with Gasteiger partial charge in [0.05, 0.1) is 27.4 Å². The van der Waals surface area contributed by atoms with E-state index in [0.717, 1.165) is 55.6 Å². The van der Waals surface area contributed by atoms with E-state index in [1.54, 1.807) is 21.3 Å². The summed E-state index contributed by atoms with van der Waals surface area (Å²) in [4.78, 5) is 4.87. The maximum atomic E-state index is 5.70. The summed E-state index contributed by atoms with van der Waals surface area (Å²) < 4.78 is 18.1. The van der Waals surface area contributed by atoms with Crippen LogP contribution in [0.25, 0.3) is 0 Å². The molecule has 1 atom stereocenters. The van der Waals surface area contributed by atoms with Gasteiger partial charge in [-0.2, -0.15) is 0 Å². The van der Waals surface area contributed by atoms with Crippen molar-refractivity contribution in [3.05, 3.63) is 29.6 Å². The highest BCUT2D eigenvalue weighted by Gasteiger charge is 2.32. The van der Waals surface area contributed by atoms with Gasteiger partial charge in [-0.05, 0) is 29.1 Å². The summed E-state index contributed by atoms with van der Waals surface area (Å²) in [5.41, 5.74) is 1.03. The molecule has 0 spiro atoms. The van der Waals surface area contributed by atoms with Crippen LogP contribution in [-0.4, -0.2) is 90.7 Å². The van der Waals surface area contributed by atoms with Gasteiger partial charge in [-0.1, -0.05) is 6.92 Å². The Labute approximate surface area is 166 Å². The Hall–Kier alpha value is -2.23. The minimum absolute atomic E-state index is 0.105. The molecule has 28 heavy (non-hydrogen) atoms. The number of hydrogen-bond acceptors (Lipinski definition) is 8. The molecule has 154 valence electrons. The third-order valence-electron chi connectivity index (χ3n) is 5.27. The molecule has 2 heterocycles. The quantitative estimate of drug-likeness (QED) is 0.629. The lowest BCUT2D eigenvalue weighted by atomic mass is 10.0. The fourth-order valence-corrected chi connectivity index (χ4v) is 3.63. The van der Waals surface area contributed by atoms with Crippen LogP contribution in [0.1, 0.15) is 24.4 Å². The van der Waals surface area contributed by atoms with Crippen molar-refractivity contribution in [2.75, 3.05) is 60.7 Å². The molecule has 1 aromatic carbocycles. The number of nitrogens with zero attached hydrogens (tertiary/aromatic N) is 6. The Morgan fingerprint density at radius 2 is 1.86 bits per heavy atom. The number of methoxy groups -OCH3 is 3. The SMILES string of the molecule is CCN1CCN(C(c2ccc(OC)cc2OC)c2nnnn2CCOC)CC1. The van der Waals surface area contributed by atoms with Gasteiger partial charge in [0.25, 0.3) is 0 Å². The van der Waals surface area contributed by atoms with E-state index < -0.39 is 0 Å². The summed E-state index contributed by atoms with van der Waals surface area (Å²) in [5, 5.41) is 12.5. The molecule has 1 saturated heterocycles. The average molecular weight is 390 g/mol. The van der Waals surface area contributed by atoms with Gasteiger partial charge in [0.1, 0.15) is 17.5 Å². The van der Waals surface area contributed by atoms with Gasteiger partial charge in [0, 0.05) is 44.9 Å². The monoisotopic (exact) mass is 390 g/mol.